The van der Waals surface area contributed by atoms with Crippen molar-refractivity contribution in [2.45, 2.75) is 38.6 Å². The molecule has 3 aromatic rings. The summed E-state index contributed by atoms with van der Waals surface area (Å²) in [4.78, 5) is 13.2. The number of fused-ring (bicyclic) bond motifs is 1. The van der Waals surface area contributed by atoms with Crippen molar-refractivity contribution in [1.29, 1.82) is 0 Å². The molecule has 10 nitrogen and oxygen atoms in total. The lowest BCUT2D eigenvalue weighted by Crippen LogP contribution is -2.46. The molecule has 0 amide bonds. The lowest BCUT2D eigenvalue weighted by Gasteiger charge is -2.25. The minimum atomic E-state index is 0. The highest BCUT2D eigenvalue weighted by atomic mass is 127. The largest absolute Gasteiger partial charge is 0.377 e. The lowest BCUT2D eigenvalue weighted by atomic mass is 10.1. The predicted molar refractivity (Wildman–Crippen MR) is 126 cm³/mol. The second-order valence-electron chi connectivity index (χ2n) is 6.88. The van der Waals surface area contributed by atoms with Crippen LogP contribution in [-0.2, 0) is 30.9 Å². The van der Waals surface area contributed by atoms with Crippen LogP contribution in [0.2, 0.25) is 5.02 Å². The number of ether oxygens (including phenoxy) is 1. The van der Waals surface area contributed by atoms with E-state index in [2.05, 4.69) is 35.8 Å². The number of guanidine groups is 1. The maximum Gasteiger partial charge on any atom is 0.246 e. The molecule has 31 heavy (non-hydrogen) atoms. The van der Waals surface area contributed by atoms with E-state index in [4.69, 9.17) is 20.9 Å². The van der Waals surface area contributed by atoms with E-state index in [1.54, 1.807) is 26.3 Å². The number of aromatic nitrogens is 5. The molecule has 0 saturated carbocycles. The van der Waals surface area contributed by atoms with Crippen molar-refractivity contribution in [2.75, 3.05) is 14.2 Å². The van der Waals surface area contributed by atoms with Crippen LogP contribution in [0.4, 0.5) is 0 Å². The van der Waals surface area contributed by atoms with Crippen molar-refractivity contribution in [1.82, 2.24) is 35.5 Å². The zero-order chi connectivity index (χ0) is 20.9. The molecule has 2 aromatic heterocycles. The Hall–Kier alpha value is -2.25. The van der Waals surface area contributed by atoms with Crippen molar-refractivity contribution in [3.05, 3.63) is 46.8 Å². The molecule has 0 radical (unpaired) electrons. The summed E-state index contributed by atoms with van der Waals surface area (Å²) in [5.74, 6) is 3.35. The van der Waals surface area contributed by atoms with Gasteiger partial charge in [-0.25, -0.2) is 9.67 Å². The normalized spacial score (nSPS) is 15.8. The average molecular weight is 559 g/mol. The first kappa shape index (κ1) is 23.4. The third-order valence-electron chi connectivity index (χ3n) is 4.72. The van der Waals surface area contributed by atoms with Crippen LogP contribution in [0.3, 0.4) is 0 Å². The molecule has 1 aromatic carbocycles. The van der Waals surface area contributed by atoms with Gasteiger partial charge in [0.1, 0.15) is 12.4 Å². The molecule has 0 bridgehead atoms. The molecule has 4 rings (SSSR count). The summed E-state index contributed by atoms with van der Waals surface area (Å²) < 4.78 is 12.4. The fraction of sp³-hybridized carbons (Fsp3) is 0.421. The summed E-state index contributed by atoms with van der Waals surface area (Å²) in [6, 6.07) is 7.47. The van der Waals surface area contributed by atoms with Crippen molar-refractivity contribution in [3.63, 3.8) is 0 Å². The van der Waals surface area contributed by atoms with Crippen LogP contribution in [0.5, 0.6) is 0 Å². The van der Waals surface area contributed by atoms with Gasteiger partial charge in [0.2, 0.25) is 11.7 Å². The van der Waals surface area contributed by atoms with E-state index < -0.39 is 0 Å². The molecular formula is C19H24ClIN8O2. The quantitative estimate of drug-likeness (QED) is 0.269. The van der Waals surface area contributed by atoms with Crippen LogP contribution in [0, 0.1) is 0 Å². The van der Waals surface area contributed by atoms with Gasteiger partial charge in [-0.15, -0.1) is 24.0 Å². The molecule has 1 unspecified atom stereocenters. The van der Waals surface area contributed by atoms with Gasteiger partial charge in [-0.1, -0.05) is 16.8 Å². The van der Waals surface area contributed by atoms with Gasteiger partial charge in [0.15, 0.2) is 11.8 Å². The summed E-state index contributed by atoms with van der Waals surface area (Å²) in [6.07, 6.45) is 1.78. The van der Waals surface area contributed by atoms with E-state index >= 15 is 0 Å². The highest BCUT2D eigenvalue weighted by Crippen LogP contribution is 2.18. The molecule has 3 heterocycles. The van der Waals surface area contributed by atoms with Crippen LogP contribution < -0.4 is 10.6 Å². The Morgan fingerprint density at radius 2 is 2.13 bits per heavy atom. The Kier molecular flexibility index (Phi) is 8.21. The molecule has 12 heteroatoms. The van der Waals surface area contributed by atoms with Gasteiger partial charge >= 0.3 is 0 Å². The summed E-state index contributed by atoms with van der Waals surface area (Å²) >= 11 is 5.92. The summed E-state index contributed by atoms with van der Waals surface area (Å²) in [6.45, 7) is 1.50. The first-order valence-electron chi connectivity index (χ1n) is 9.62. The van der Waals surface area contributed by atoms with Crippen molar-refractivity contribution < 1.29 is 9.26 Å². The van der Waals surface area contributed by atoms with Gasteiger partial charge in [-0.05, 0) is 30.7 Å². The molecule has 0 spiro atoms. The van der Waals surface area contributed by atoms with E-state index in [0.717, 1.165) is 24.2 Å². The minimum absolute atomic E-state index is 0. The fourth-order valence-electron chi connectivity index (χ4n) is 3.26. The van der Waals surface area contributed by atoms with Crippen molar-refractivity contribution in [2.24, 2.45) is 4.99 Å². The maximum atomic E-state index is 5.92. The first-order valence-corrected chi connectivity index (χ1v) is 9.99. The molecule has 1 aliphatic rings. The smallest absolute Gasteiger partial charge is 0.246 e. The molecule has 0 aliphatic carbocycles. The van der Waals surface area contributed by atoms with Crippen LogP contribution in [-0.4, -0.2) is 51.1 Å². The molecule has 0 fully saturated rings. The van der Waals surface area contributed by atoms with E-state index in [9.17, 15) is 0 Å². The summed E-state index contributed by atoms with van der Waals surface area (Å²) in [5, 5.41) is 15.8. The van der Waals surface area contributed by atoms with Crippen LogP contribution in [0.15, 0.2) is 33.8 Å². The molecule has 1 atom stereocenters. The number of rotatable bonds is 6. The zero-order valence-corrected chi connectivity index (χ0v) is 20.3. The maximum absolute atomic E-state index is 5.92. The number of hydrogen-bond donors (Lipinski definition) is 2. The number of benzene rings is 1. The number of hydrogen-bond acceptors (Lipinski definition) is 7. The molecule has 1 aliphatic heterocycles. The summed E-state index contributed by atoms with van der Waals surface area (Å²) in [7, 11) is 3.37. The predicted octanol–water partition coefficient (Wildman–Crippen LogP) is 2.43. The first-order chi connectivity index (χ1) is 14.6. The number of methoxy groups -OCH3 is 1. The van der Waals surface area contributed by atoms with Crippen molar-refractivity contribution >= 4 is 41.5 Å². The third-order valence-corrected chi connectivity index (χ3v) is 4.97. The Balaban J connectivity index is 0.00000272. The van der Waals surface area contributed by atoms with Gasteiger partial charge in [-0.2, -0.15) is 10.1 Å². The lowest BCUT2D eigenvalue weighted by molar-refractivity contribution is 0.177. The SMILES string of the molecule is CN=C(NCc1nc(-c2ccc(Cl)cc2)no1)NC1CCc2nc(COC)nn2C1.I. The van der Waals surface area contributed by atoms with Crippen LogP contribution in [0.1, 0.15) is 24.0 Å². The van der Waals surface area contributed by atoms with E-state index in [1.807, 2.05) is 16.8 Å². The van der Waals surface area contributed by atoms with Gasteiger partial charge in [0, 0.05) is 37.2 Å². The van der Waals surface area contributed by atoms with Gasteiger partial charge in [0.25, 0.3) is 0 Å². The number of nitrogens with zero attached hydrogens (tertiary/aromatic N) is 6. The number of halogens is 2. The fourth-order valence-corrected chi connectivity index (χ4v) is 3.38. The van der Waals surface area contributed by atoms with E-state index in [-0.39, 0.29) is 30.0 Å². The monoisotopic (exact) mass is 558 g/mol. The summed E-state index contributed by atoms with van der Waals surface area (Å²) in [5.41, 5.74) is 0.843. The number of aryl methyl sites for hydroxylation is 1. The molecule has 166 valence electrons. The minimum Gasteiger partial charge on any atom is -0.377 e. The molecule has 0 saturated heterocycles. The average Bonchev–Trinajstić information content (AvgIpc) is 3.38. The van der Waals surface area contributed by atoms with Gasteiger partial charge in [0.05, 0.1) is 13.1 Å². The van der Waals surface area contributed by atoms with Gasteiger partial charge in [-0.3, -0.25) is 4.99 Å². The third kappa shape index (κ3) is 5.92. The number of aliphatic imine (C=N–C) groups is 1. The Labute approximate surface area is 201 Å². The zero-order valence-electron chi connectivity index (χ0n) is 17.2. The topological polar surface area (TPSA) is 115 Å². The molecule has 2 N–H and O–H groups in total. The standard InChI is InChI=1S/C19H23ClN8O2.HI/c1-21-19(23-14-7-8-16-24-15(11-29-2)26-28(16)10-14)22-9-17-25-18(27-30-17)12-3-5-13(20)6-4-12;/h3-6,14H,7-11H2,1-2H3,(H2,21,22,23);1H. The van der Waals surface area contributed by atoms with Gasteiger partial charge < -0.3 is 19.9 Å². The van der Waals surface area contributed by atoms with Crippen LogP contribution in [0.25, 0.3) is 11.4 Å². The second kappa shape index (κ2) is 10.9. The van der Waals surface area contributed by atoms with Crippen LogP contribution >= 0.6 is 35.6 Å². The van der Waals surface area contributed by atoms with Crippen molar-refractivity contribution in [3.8, 4) is 11.4 Å². The highest BCUT2D eigenvalue weighted by Gasteiger charge is 2.22. The Morgan fingerprint density at radius 1 is 1.32 bits per heavy atom. The Morgan fingerprint density at radius 3 is 2.87 bits per heavy atom. The number of nitrogens with one attached hydrogen (secondary N) is 2. The second-order valence-corrected chi connectivity index (χ2v) is 7.32. The van der Waals surface area contributed by atoms with E-state index in [0.29, 0.717) is 48.2 Å². The highest BCUT2D eigenvalue weighted by molar-refractivity contribution is 14.0. The molecular weight excluding hydrogens is 535 g/mol. The van der Waals surface area contributed by atoms with E-state index in [1.165, 1.54) is 0 Å². The Bertz CT molecular complexity index is 1020.